The SMILES string of the molecule is Cc1cc2nc(C3CCCCN3C(=O)Cc3cccs3)cc(=O)n2[nH]1. The average Bonchev–Trinajstić information content (AvgIpc) is 3.23. The number of fused-ring (bicyclic) bond motifs is 1. The minimum atomic E-state index is -0.135. The summed E-state index contributed by atoms with van der Waals surface area (Å²) >= 11 is 1.60. The van der Waals surface area contributed by atoms with Crippen molar-refractivity contribution < 1.29 is 4.79 Å². The molecular formula is C18H20N4O2S. The molecule has 1 unspecified atom stereocenters. The van der Waals surface area contributed by atoms with E-state index < -0.39 is 0 Å². The normalized spacial score (nSPS) is 18.0. The summed E-state index contributed by atoms with van der Waals surface area (Å²) in [5, 5.41) is 4.97. The number of aromatic amines is 1. The van der Waals surface area contributed by atoms with Gasteiger partial charge in [-0.25, -0.2) is 9.50 Å². The lowest BCUT2D eigenvalue weighted by Gasteiger charge is -2.35. The molecule has 1 aliphatic heterocycles. The number of carbonyl (C=O) groups excluding carboxylic acids is 1. The number of H-pyrrole nitrogens is 1. The van der Waals surface area contributed by atoms with E-state index in [4.69, 9.17) is 0 Å². The first kappa shape index (κ1) is 16.1. The molecule has 3 aromatic rings. The van der Waals surface area contributed by atoms with Gasteiger partial charge in [0.05, 0.1) is 18.2 Å². The topological polar surface area (TPSA) is 70.5 Å². The summed E-state index contributed by atoms with van der Waals surface area (Å²) in [4.78, 5) is 32.8. The lowest BCUT2D eigenvalue weighted by molar-refractivity contribution is -0.134. The number of hydrogen-bond acceptors (Lipinski definition) is 4. The van der Waals surface area contributed by atoms with Crippen molar-refractivity contribution in [3.8, 4) is 0 Å². The van der Waals surface area contributed by atoms with Crippen LogP contribution in [0.5, 0.6) is 0 Å². The summed E-state index contributed by atoms with van der Waals surface area (Å²) in [7, 11) is 0. The number of likely N-dealkylation sites (tertiary alicyclic amines) is 1. The molecule has 0 spiro atoms. The van der Waals surface area contributed by atoms with Crippen molar-refractivity contribution >= 4 is 22.9 Å². The Hall–Kier alpha value is -2.41. The van der Waals surface area contributed by atoms with Crippen molar-refractivity contribution in [2.45, 2.75) is 38.6 Å². The van der Waals surface area contributed by atoms with Gasteiger partial charge < -0.3 is 4.90 Å². The highest BCUT2D eigenvalue weighted by atomic mass is 32.1. The molecule has 4 rings (SSSR count). The van der Waals surface area contributed by atoms with E-state index in [0.29, 0.717) is 17.8 Å². The molecule has 1 amide bonds. The van der Waals surface area contributed by atoms with Crippen LogP contribution in [0.15, 0.2) is 34.4 Å². The number of aromatic nitrogens is 3. The Bertz CT molecular complexity index is 957. The van der Waals surface area contributed by atoms with Crippen molar-refractivity contribution in [2.24, 2.45) is 0 Å². The molecule has 6 nitrogen and oxygen atoms in total. The highest BCUT2D eigenvalue weighted by Gasteiger charge is 2.29. The van der Waals surface area contributed by atoms with Crippen LogP contribution >= 0.6 is 11.3 Å². The maximum atomic E-state index is 12.8. The lowest BCUT2D eigenvalue weighted by atomic mass is 9.98. The molecule has 0 bridgehead atoms. The summed E-state index contributed by atoms with van der Waals surface area (Å²) in [6.45, 7) is 2.62. The second-order valence-electron chi connectivity index (χ2n) is 6.51. The monoisotopic (exact) mass is 356 g/mol. The molecule has 0 radical (unpaired) electrons. The standard InChI is InChI=1S/C18H20N4O2S/c1-12-9-16-19-14(11-18(24)22(16)20-12)15-6-2-3-7-21(15)17(23)10-13-5-4-8-25-13/h4-5,8-9,11,15,20H,2-3,6-7,10H2,1H3. The van der Waals surface area contributed by atoms with E-state index >= 15 is 0 Å². The molecule has 1 aliphatic rings. The van der Waals surface area contributed by atoms with Crippen LogP contribution in [0.4, 0.5) is 0 Å². The quantitative estimate of drug-likeness (QED) is 0.784. The third kappa shape index (κ3) is 3.11. The molecule has 0 saturated carbocycles. The molecule has 1 N–H and O–H groups in total. The summed E-state index contributed by atoms with van der Waals surface area (Å²) < 4.78 is 1.44. The first-order valence-electron chi connectivity index (χ1n) is 8.53. The summed E-state index contributed by atoms with van der Waals surface area (Å²) in [5.41, 5.74) is 2.06. The third-order valence-corrected chi connectivity index (χ3v) is 5.54. The number of nitrogens with one attached hydrogen (secondary N) is 1. The predicted molar refractivity (Wildman–Crippen MR) is 96.9 cm³/mol. The van der Waals surface area contributed by atoms with Crippen LogP contribution in [0.2, 0.25) is 0 Å². The van der Waals surface area contributed by atoms with Crippen LogP contribution in [-0.4, -0.2) is 31.9 Å². The second-order valence-corrected chi connectivity index (χ2v) is 7.54. The van der Waals surface area contributed by atoms with Crippen molar-refractivity contribution in [3.63, 3.8) is 0 Å². The highest BCUT2D eigenvalue weighted by Crippen LogP contribution is 2.30. The molecule has 0 aliphatic carbocycles. The van der Waals surface area contributed by atoms with Gasteiger partial charge in [0, 0.05) is 29.2 Å². The minimum absolute atomic E-state index is 0.111. The maximum absolute atomic E-state index is 12.8. The van der Waals surface area contributed by atoms with Gasteiger partial charge in [0.2, 0.25) is 5.91 Å². The first-order chi connectivity index (χ1) is 12.1. The number of rotatable bonds is 3. The van der Waals surface area contributed by atoms with Gasteiger partial charge in [-0.1, -0.05) is 6.07 Å². The smallest absolute Gasteiger partial charge is 0.272 e. The number of carbonyl (C=O) groups is 1. The molecule has 1 saturated heterocycles. The zero-order valence-electron chi connectivity index (χ0n) is 14.1. The summed E-state index contributed by atoms with van der Waals surface area (Å²) in [5.74, 6) is 0.111. The van der Waals surface area contributed by atoms with Crippen LogP contribution in [0.3, 0.4) is 0 Å². The molecule has 4 heterocycles. The fraction of sp³-hybridized carbons (Fsp3) is 0.389. The van der Waals surface area contributed by atoms with Gasteiger partial charge in [-0.2, -0.15) is 0 Å². The second kappa shape index (κ2) is 6.48. The van der Waals surface area contributed by atoms with Crippen LogP contribution < -0.4 is 5.56 Å². The third-order valence-electron chi connectivity index (χ3n) is 4.67. The Labute approximate surface area is 149 Å². The molecular weight excluding hydrogens is 336 g/mol. The Morgan fingerprint density at radius 1 is 1.40 bits per heavy atom. The molecule has 0 aromatic carbocycles. The number of aryl methyl sites for hydroxylation is 1. The van der Waals surface area contributed by atoms with Crippen molar-refractivity contribution in [3.05, 3.63) is 56.3 Å². The van der Waals surface area contributed by atoms with Gasteiger partial charge in [-0.15, -0.1) is 11.3 Å². The Morgan fingerprint density at radius 3 is 3.08 bits per heavy atom. The largest absolute Gasteiger partial charge is 0.334 e. The Morgan fingerprint density at radius 2 is 2.28 bits per heavy atom. The van der Waals surface area contributed by atoms with Crippen molar-refractivity contribution in [1.29, 1.82) is 0 Å². The number of hydrogen-bond donors (Lipinski definition) is 1. The van der Waals surface area contributed by atoms with E-state index in [9.17, 15) is 9.59 Å². The summed E-state index contributed by atoms with van der Waals surface area (Å²) in [6.07, 6.45) is 3.30. The van der Waals surface area contributed by atoms with E-state index in [1.54, 1.807) is 17.4 Å². The highest BCUT2D eigenvalue weighted by molar-refractivity contribution is 7.10. The number of amides is 1. The maximum Gasteiger partial charge on any atom is 0.272 e. The summed E-state index contributed by atoms with van der Waals surface area (Å²) in [6, 6.07) is 7.25. The molecule has 7 heteroatoms. The lowest BCUT2D eigenvalue weighted by Crippen LogP contribution is -2.40. The van der Waals surface area contributed by atoms with Gasteiger partial charge >= 0.3 is 0 Å². The van der Waals surface area contributed by atoms with Crippen LogP contribution in [0.25, 0.3) is 5.65 Å². The minimum Gasteiger partial charge on any atom is -0.334 e. The van der Waals surface area contributed by atoms with Crippen LogP contribution in [0, 0.1) is 6.92 Å². The van der Waals surface area contributed by atoms with E-state index in [2.05, 4.69) is 10.1 Å². The fourth-order valence-corrected chi connectivity index (χ4v) is 4.20. The van der Waals surface area contributed by atoms with E-state index in [1.807, 2.05) is 35.4 Å². The van der Waals surface area contributed by atoms with Gasteiger partial charge in [-0.3, -0.25) is 14.7 Å². The molecule has 3 aromatic heterocycles. The van der Waals surface area contributed by atoms with Gasteiger partial charge in [-0.05, 0) is 37.6 Å². The number of piperidine rings is 1. The van der Waals surface area contributed by atoms with Gasteiger partial charge in [0.1, 0.15) is 0 Å². The van der Waals surface area contributed by atoms with Crippen LogP contribution in [0.1, 0.15) is 41.6 Å². The van der Waals surface area contributed by atoms with E-state index in [1.165, 1.54) is 4.52 Å². The van der Waals surface area contributed by atoms with E-state index in [0.717, 1.165) is 36.4 Å². The van der Waals surface area contributed by atoms with Crippen LogP contribution in [-0.2, 0) is 11.2 Å². The van der Waals surface area contributed by atoms with Gasteiger partial charge in [0.15, 0.2) is 5.65 Å². The number of nitrogens with zero attached hydrogens (tertiary/aromatic N) is 3. The average molecular weight is 356 g/mol. The first-order valence-corrected chi connectivity index (χ1v) is 9.41. The Balaban J connectivity index is 1.66. The van der Waals surface area contributed by atoms with Crippen molar-refractivity contribution in [1.82, 2.24) is 19.5 Å². The zero-order valence-corrected chi connectivity index (χ0v) is 14.9. The molecule has 25 heavy (non-hydrogen) atoms. The molecule has 1 fully saturated rings. The van der Waals surface area contributed by atoms with Gasteiger partial charge in [0.25, 0.3) is 5.56 Å². The zero-order chi connectivity index (χ0) is 17.4. The number of thiophene rings is 1. The fourth-order valence-electron chi connectivity index (χ4n) is 3.50. The van der Waals surface area contributed by atoms with Crippen molar-refractivity contribution in [2.75, 3.05) is 6.54 Å². The molecule has 130 valence electrons. The Kier molecular flexibility index (Phi) is 4.17. The van der Waals surface area contributed by atoms with E-state index in [-0.39, 0.29) is 17.5 Å². The predicted octanol–water partition coefficient (Wildman–Crippen LogP) is 2.69. The molecule has 1 atom stereocenters.